The van der Waals surface area contributed by atoms with E-state index < -0.39 is 0 Å². The molecule has 4 rings (SSSR count). The average Bonchev–Trinajstić information content (AvgIpc) is 2.96. The van der Waals surface area contributed by atoms with Gasteiger partial charge in [-0.05, 0) is 29.2 Å². The molecule has 0 spiro atoms. The fourth-order valence-corrected chi connectivity index (χ4v) is 3.21. The van der Waals surface area contributed by atoms with Crippen molar-refractivity contribution in [2.75, 3.05) is 0 Å². The van der Waals surface area contributed by atoms with Gasteiger partial charge in [-0.2, -0.15) is 0 Å². The van der Waals surface area contributed by atoms with E-state index in [0.29, 0.717) is 0 Å². The highest BCUT2D eigenvalue weighted by Crippen LogP contribution is 2.41. The summed E-state index contributed by atoms with van der Waals surface area (Å²) in [5.41, 5.74) is 8.23. The van der Waals surface area contributed by atoms with Gasteiger partial charge < -0.3 is 4.98 Å². The Hall–Kier alpha value is -2.28. The summed E-state index contributed by atoms with van der Waals surface area (Å²) in [6.07, 6.45) is 3.98. The first-order chi connectivity index (χ1) is 9.38. The van der Waals surface area contributed by atoms with Gasteiger partial charge in [0.2, 0.25) is 0 Å². The molecule has 19 heavy (non-hydrogen) atoms. The van der Waals surface area contributed by atoms with E-state index in [9.17, 15) is 0 Å². The van der Waals surface area contributed by atoms with Gasteiger partial charge in [-0.25, -0.2) is 0 Å². The van der Waals surface area contributed by atoms with Gasteiger partial charge in [0.05, 0.1) is 5.69 Å². The zero-order valence-electron chi connectivity index (χ0n) is 10.7. The molecule has 0 saturated heterocycles. The van der Waals surface area contributed by atoms with Crippen molar-refractivity contribution in [2.24, 2.45) is 0 Å². The topological polar surface area (TPSA) is 15.8 Å². The summed E-state index contributed by atoms with van der Waals surface area (Å²) in [4.78, 5) is 3.58. The Morgan fingerprint density at radius 3 is 2.84 bits per heavy atom. The highest BCUT2D eigenvalue weighted by atomic mass is 14.7. The summed E-state index contributed by atoms with van der Waals surface area (Å²) >= 11 is 0. The molecule has 1 aliphatic rings. The van der Waals surface area contributed by atoms with Gasteiger partial charge in [-0.1, -0.05) is 42.5 Å². The van der Waals surface area contributed by atoms with E-state index in [4.69, 9.17) is 0 Å². The van der Waals surface area contributed by atoms with Crippen molar-refractivity contribution in [2.45, 2.75) is 12.8 Å². The van der Waals surface area contributed by atoms with Crippen LogP contribution in [0, 0.1) is 0 Å². The quantitative estimate of drug-likeness (QED) is 0.502. The number of benzene rings is 2. The maximum absolute atomic E-state index is 3.86. The minimum absolute atomic E-state index is 0.950. The largest absolute Gasteiger partial charge is 0.354 e. The van der Waals surface area contributed by atoms with E-state index in [1.54, 1.807) is 0 Å². The molecule has 1 nitrogen and oxygen atoms in total. The van der Waals surface area contributed by atoms with Crippen LogP contribution in [-0.4, -0.2) is 4.98 Å². The lowest BCUT2D eigenvalue weighted by atomic mass is 9.99. The number of aromatic amines is 1. The molecule has 2 aromatic carbocycles. The third kappa shape index (κ3) is 1.42. The van der Waals surface area contributed by atoms with Gasteiger partial charge in [0.25, 0.3) is 0 Å². The number of hydrogen-bond acceptors (Lipinski definition) is 0. The van der Waals surface area contributed by atoms with Crippen LogP contribution in [0.2, 0.25) is 0 Å². The lowest BCUT2D eigenvalue weighted by Gasteiger charge is -2.06. The number of fused-ring (bicyclic) bond motifs is 5. The summed E-state index contributed by atoms with van der Waals surface area (Å²) in [5, 5.41) is 1.36. The minimum atomic E-state index is 0.950. The molecule has 0 fully saturated rings. The first-order valence-corrected chi connectivity index (χ1v) is 6.70. The predicted molar refractivity (Wildman–Crippen MR) is 80.4 cm³/mol. The normalized spacial score (nSPS) is 12.4. The van der Waals surface area contributed by atoms with Crippen LogP contribution in [0.25, 0.3) is 22.2 Å². The number of para-hydroxylation sites is 1. The van der Waals surface area contributed by atoms with E-state index >= 15 is 0 Å². The van der Waals surface area contributed by atoms with Crippen LogP contribution >= 0.6 is 0 Å². The second-order valence-electron chi connectivity index (χ2n) is 5.14. The van der Waals surface area contributed by atoms with E-state index in [1.807, 2.05) is 6.08 Å². The molecule has 92 valence electrons. The lowest BCUT2D eigenvalue weighted by molar-refractivity contribution is 1.17. The summed E-state index contributed by atoms with van der Waals surface area (Å²) in [6.45, 7) is 3.86. The van der Waals surface area contributed by atoms with Gasteiger partial charge in [0.1, 0.15) is 0 Å². The predicted octanol–water partition coefficient (Wildman–Crippen LogP) is 4.47. The Morgan fingerprint density at radius 1 is 1.05 bits per heavy atom. The Kier molecular flexibility index (Phi) is 2.16. The molecule has 0 atom stereocenters. The van der Waals surface area contributed by atoms with Crippen molar-refractivity contribution in [3.05, 3.63) is 71.8 Å². The highest BCUT2D eigenvalue weighted by molar-refractivity contribution is 5.94. The number of nitrogens with one attached hydrogen (secondary N) is 1. The molecule has 0 saturated carbocycles. The maximum Gasteiger partial charge on any atom is 0.0503 e. The SMILES string of the molecule is C=CCc1cccc2c1Cc1c-2[nH]c2ccccc12. The molecule has 0 bridgehead atoms. The van der Waals surface area contributed by atoms with Crippen molar-refractivity contribution >= 4 is 10.9 Å². The monoisotopic (exact) mass is 245 g/mol. The minimum Gasteiger partial charge on any atom is -0.354 e. The number of rotatable bonds is 2. The third-order valence-corrected chi connectivity index (χ3v) is 4.07. The second-order valence-corrected chi connectivity index (χ2v) is 5.14. The van der Waals surface area contributed by atoms with Gasteiger partial charge in [-0.15, -0.1) is 6.58 Å². The smallest absolute Gasteiger partial charge is 0.0503 e. The Bertz CT molecular complexity index is 793. The number of H-pyrrole nitrogens is 1. The first kappa shape index (κ1) is 10.6. The van der Waals surface area contributed by atoms with E-state index in [2.05, 4.69) is 54.0 Å². The van der Waals surface area contributed by atoms with Crippen molar-refractivity contribution in [3.8, 4) is 11.3 Å². The van der Waals surface area contributed by atoms with Crippen LogP contribution in [-0.2, 0) is 12.8 Å². The molecule has 1 N–H and O–H groups in total. The van der Waals surface area contributed by atoms with E-state index in [0.717, 1.165) is 12.8 Å². The standard InChI is InChI=1S/C18H15N/c1-2-6-12-7-5-9-14-15(12)11-16-13-8-3-4-10-17(13)19-18(14)16/h2-5,7-10,19H,1,6,11H2. The lowest BCUT2D eigenvalue weighted by Crippen LogP contribution is -1.91. The van der Waals surface area contributed by atoms with E-state index in [1.165, 1.54) is 38.9 Å². The van der Waals surface area contributed by atoms with Crippen LogP contribution in [0.3, 0.4) is 0 Å². The summed E-state index contributed by atoms with van der Waals surface area (Å²) in [7, 11) is 0. The molecule has 1 heterocycles. The molecule has 3 aromatic rings. The van der Waals surface area contributed by atoms with Crippen LogP contribution in [0.15, 0.2) is 55.1 Å². The zero-order chi connectivity index (χ0) is 12.8. The van der Waals surface area contributed by atoms with Gasteiger partial charge in [0.15, 0.2) is 0 Å². The van der Waals surface area contributed by atoms with Gasteiger partial charge in [0, 0.05) is 22.9 Å². The Labute approximate surface area is 112 Å². The fourth-order valence-electron chi connectivity index (χ4n) is 3.21. The number of aromatic nitrogens is 1. The van der Waals surface area contributed by atoms with Crippen molar-refractivity contribution < 1.29 is 0 Å². The fraction of sp³-hybridized carbons (Fsp3) is 0.111. The Morgan fingerprint density at radius 2 is 1.95 bits per heavy atom. The van der Waals surface area contributed by atoms with Gasteiger partial charge in [-0.3, -0.25) is 0 Å². The molecule has 0 unspecified atom stereocenters. The molecule has 1 heteroatoms. The molecular weight excluding hydrogens is 230 g/mol. The molecule has 0 aliphatic heterocycles. The van der Waals surface area contributed by atoms with E-state index in [-0.39, 0.29) is 0 Å². The van der Waals surface area contributed by atoms with Crippen LogP contribution in [0.1, 0.15) is 16.7 Å². The molecule has 0 radical (unpaired) electrons. The summed E-state index contributed by atoms with van der Waals surface area (Å²) in [6, 6.07) is 15.2. The number of hydrogen-bond donors (Lipinski definition) is 1. The second kappa shape index (κ2) is 3.86. The molecular formula is C18H15N. The molecule has 1 aromatic heterocycles. The van der Waals surface area contributed by atoms with Crippen molar-refractivity contribution in [1.82, 2.24) is 4.98 Å². The van der Waals surface area contributed by atoms with Crippen LogP contribution < -0.4 is 0 Å². The van der Waals surface area contributed by atoms with Crippen molar-refractivity contribution in [1.29, 1.82) is 0 Å². The first-order valence-electron chi connectivity index (χ1n) is 6.70. The van der Waals surface area contributed by atoms with Crippen LogP contribution in [0.4, 0.5) is 0 Å². The van der Waals surface area contributed by atoms with Crippen LogP contribution in [0.5, 0.6) is 0 Å². The zero-order valence-corrected chi connectivity index (χ0v) is 10.7. The highest BCUT2D eigenvalue weighted by Gasteiger charge is 2.24. The van der Waals surface area contributed by atoms with Gasteiger partial charge >= 0.3 is 0 Å². The Balaban J connectivity index is 1.98. The number of allylic oxidation sites excluding steroid dienone is 1. The molecule has 0 amide bonds. The molecule has 1 aliphatic carbocycles. The maximum atomic E-state index is 3.86. The average molecular weight is 245 g/mol. The summed E-state index contributed by atoms with van der Waals surface area (Å²) < 4.78 is 0. The summed E-state index contributed by atoms with van der Waals surface area (Å²) in [5.74, 6) is 0. The third-order valence-electron chi connectivity index (χ3n) is 4.07. The van der Waals surface area contributed by atoms with Crippen molar-refractivity contribution in [3.63, 3.8) is 0 Å².